The third-order valence-corrected chi connectivity index (χ3v) is 6.34. The number of carbonyl (C=O) groups is 1. The Hall–Kier alpha value is -0.330. The van der Waals surface area contributed by atoms with Crippen LogP contribution in [0.25, 0.3) is 0 Å². The molecule has 0 radical (unpaired) electrons. The molecule has 1 nitrogen and oxygen atoms in total. The zero-order valence-corrected chi connectivity index (χ0v) is 11.0. The summed E-state index contributed by atoms with van der Waals surface area (Å²) in [6, 6.07) is 0. The highest BCUT2D eigenvalue weighted by Gasteiger charge is 2.68. The molecule has 0 aromatic heterocycles. The van der Waals surface area contributed by atoms with E-state index in [1.54, 1.807) is 0 Å². The second-order valence-corrected chi connectivity index (χ2v) is 7.47. The van der Waals surface area contributed by atoms with Crippen LogP contribution in [0.4, 0.5) is 0 Å². The van der Waals surface area contributed by atoms with E-state index in [0.29, 0.717) is 34.4 Å². The van der Waals surface area contributed by atoms with Gasteiger partial charge in [0.25, 0.3) is 0 Å². The van der Waals surface area contributed by atoms with Gasteiger partial charge in [0.2, 0.25) is 0 Å². The average Bonchev–Trinajstić information content (AvgIpc) is 2.34. The zero-order valence-electron chi connectivity index (χ0n) is 11.0. The molecule has 0 heterocycles. The summed E-state index contributed by atoms with van der Waals surface area (Å²) in [7, 11) is 0. The Morgan fingerprint density at radius 1 is 1.12 bits per heavy atom. The molecule has 0 N–H and O–H groups in total. The summed E-state index contributed by atoms with van der Waals surface area (Å²) in [5, 5.41) is 0. The smallest absolute Gasteiger partial charge is 0.136 e. The van der Waals surface area contributed by atoms with Gasteiger partial charge in [-0.25, -0.2) is 0 Å². The van der Waals surface area contributed by atoms with Gasteiger partial charge in [-0.05, 0) is 41.4 Å². The molecule has 4 bridgehead atoms. The topological polar surface area (TPSA) is 17.1 Å². The van der Waals surface area contributed by atoms with Crippen molar-refractivity contribution in [2.75, 3.05) is 0 Å². The van der Waals surface area contributed by atoms with Gasteiger partial charge in [-0.15, -0.1) is 0 Å². The van der Waals surface area contributed by atoms with Crippen LogP contribution in [0.3, 0.4) is 0 Å². The summed E-state index contributed by atoms with van der Waals surface area (Å²) >= 11 is 0. The maximum Gasteiger partial charge on any atom is 0.136 e. The van der Waals surface area contributed by atoms with E-state index in [1.165, 1.54) is 19.3 Å². The van der Waals surface area contributed by atoms with Crippen molar-refractivity contribution in [3.63, 3.8) is 0 Å². The Kier molecular flexibility index (Phi) is 1.97. The van der Waals surface area contributed by atoms with Gasteiger partial charge in [0.15, 0.2) is 0 Å². The van der Waals surface area contributed by atoms with Gasteiger partial charge < -0.3 is 0 Å². The molecule has 4 aliphatic rings. The van der Waals surface area contributed by atoms with Gasteiger partial charge in [0.05, 0.1) is 0 Å². The lowest BCUT2D eigenvalue weighted by atomic mass is 9.36. The van der Waals surface area contributed by atoms with Crippen LogP contribution < -0.4 is 0 Å². The number of hydrogen-bond donors (Lipinski definition) is 0. The number of rotatable bonds is 0. The molecule has 4 aliphatic carbocycles. The maximum atomic E-state index is 11.9. The first-order valence-electron chi connectivity index (χ1n) is 6.91. The molecule has 4 rings (SSSR count). The van der Waals surface area contributed by atoms with Crippen molar-refractivity contribution in [2.24, 2.45) is 34.5 Å². The normalized spacial score (nSPS) is 54.1. The fourth-order valence-electron chi connectivity index (χ4n) is 5.52. The van der Waals surface area contributed by atoms with Crippen LogP contribution in [-0.4, -0.2) is 5.78 Å². The molecular formula is C15H24O. The first-order valence-corrected chi connectivity index (χ1v) is 6.91. The minimum atomic E-state index is 0.331. The first kappa shape index (κ1) is 10.8. The standard InChI is InChI=1S/C15H24O/c1-9-11(16)8-10-13-12(9)15(10,4)7-5-6-14(13,2)3/h9-10,12-13H,5-8H2,1-4H3/t9-,10-,12+,13-,15+/m0/s1. The number of ketones is 1. The SMILES string of the molecule is C[C@H]1C(=O)C[C@H]2[C@H]3[C@@H]1[C@]2(C)CCCC3(C)C. The monoisotopic (exact) mass is 220 g/mol. The van der Waals surface area contributed by atoms with Gasteiger partial charge in [-0.3, -0.25) is 4.79 Å². The number of carbonyl (C=O) groups excluding carboxylic acids is 1. The quantitative estimate of drug-likeness (QED) is 0.608. The summed E-state index contributed by atoms with van der Waals surface area (Å²) in [5.41, 5.74) is 0.978. The van der Waals surface area contributed by atoms with E-state index in [0.717, 1.165) is 12.3 Å². The molecule has 0 saturated heterocycles. The molecule has 0 aromatic rings. The van der Waals surface area contributed by atoms with Crippen molar-refractivity contribution in [1.82, 2.24) is 0 Å². The van der Waals surface area contributed by atoms with Crippen LogP contribution in [0.2, 0.25) is 0 Å². The zero-order chi connectivity index (χ0) is 11.7. The second-order valence-electron chi connectivity index (χ2n) is 7.47. The van der Waals surface area contributed by atoms with E-state index in [1.807, 2.05) is 0 Å². The fourth-order valence-corrected chi connectivity index (χ4v) is 5.52. The molecule has 4 saturated carbocycles. The van der Waals surface area contributed by atoms with Gasteiger partial charge in [0, 0.05) is 12.3 Å². The van der Waals surface area contributed by atoms with Crippen molar-refractivity contribution in [2.45, 2.75) is 53.4 Å². The Bertz CT molecular complexity index is 343. The second kappa shape index (κ2) is 2.91. The van der Waals surface area contributed by atoms with Gasteiger partial charge in [0.1, 0.15) is 5.78 Å². The molecular weight excluding hydrogens is 196 g/mol. The summed E-state index contributed by atoms with van der Waals surface area (Å²) in [4.78, 5) is 11.9. The minimum absolute atomic E-state index is 0.331. The van der Waals surface area contributed by atoms with E-state index in [4.69, 9.17) is 0 Å². The van der Waals surface area contributed by atoms with Gasteiger partial charge >= 0.3 is 0 Å². The third-order valence-electron chi connectivity index (χ3n) is 6.34. The molecule has 1 heteroatoms. The molecule has 5 atom stereocenters. The lowest BCUT2D eigenvalue weighted by Crippen LogP contribution is -2.65. The van der Waals surface area contributed by atoms with Crippen LogP contribution in [-0.2, 0) is 4.79 Å². The van der Waals surface area contributed by atoms with E-state index in [-0.39, 0.29) is 0 Å². The Labute approximate surface area is 99.0 Å². The molecule has 0 amide bonds. The number of Topliss-reactive ketones (excluding diaryl/α,β-unsaturated/α-hetero) is 1. The largest absolute Gasteiger partial charge is 0.299 e. The van der Waals surface area contributed by atoms with Crippen LogP contribution in [0.15, 0.2) is 0 Å². The molecule has 16 heavy (non-hydrogen) atoms. The van der Waals surface area contributed by atoms with E-state index < -0.39 is 0 Å². The third kappa shape index (κ3) is 1.05. The van der Waals surface area contributed by atoms with Crippen molar-refractivity contribution in [1.29, 1.82) is 0 Å². The van der Waals surface area contributed by atoms with Gasteiger partial charge in [-0.1, -0.05) is 34.1 Å². The van der Waals surface area contributed by atoms with Gasteiger partial charge in [-0.2, -0.15) is 0 Å². The lowest BCUT2D eigenvalue weighted by molar-refractivity contribution is -0.204. The predicted octanol–water partition coefficient (Wildman–Crippen LogP) is 3.67. The molecule has 0 aromatic carbocycles. The fraction of sp³-hybridized carbons (Fsp3) is 0.933. The number of fused-ring (bicyclic) bond motifs is 2. The molecule has 4 fully saturated rings. The highest BCUT2D eigenvalue weighted by molar-refractivity contribution is 5.83. The van der Waals surface area contributed by atoms with Crippen molar-refractivity contribution < 1.29 is 4.79 Å². The summed E-state index contributed by atoms with van der Waals surface area (Å²) < 4.78 is 0. The van der Waals surface area contributed by atoms with E-state index in [9.17, 15) is 4.79 Å². The van der Waals surface area contributed by atoms with Crippen LogP contribution in [0.5, 0.6) is 0 Å². The summed E-state index contributed by atoms with van der Waals surface area (Å²) in [5.74, 6) is 3.10. The minimum Gasteiger partial charge on any atom is -0.299 e. The Balaban J connectivity index is 2.03. The molecule has 90 valence electrons. The van der Waals surface area contributed by atoms with Crippen LogP contribution in [0, 0.1) is 34.5 Å². The van der Waals surface area contributed by atoms with Crippen LogP contribution in [0.1, 0.15) is 53.4 Å². The van der Waals surface area contributed by atoms with Crippen LogP contribution >= 0.6 is 0 Å². The highest BCUT2D eigenvalue weighted by atomic mass is 16.1. The van der Waals surface area contributed by atoms with Crippen molar-refractivity contribution >= 4 is 5.78 Å². The molecule has 0 spiro atoms. The predicted molar refractivity (Wildman–Crippen MR) is 65.0 cm³/mol. The Morgan fingerprint density at radius 3 is 2.44 bits per heavy atom. The molecule has 0 aliphatic heterocycles. The number of hydrogen-bond acceptors (Lipinski definition) is 1. The van der Waals surface area contributed by atoms with Crippen molar-refractivity contribution in [3.8, 4) is 0 Å². The average molecular weight is 220 g/mol. The van der Waals surface area contributed by atoms with Crippen molar-refractivity contribution in [3.05, 3.63) is 0 Å². The Morgan fingerprint density at radius 2 is 1.81 bits per heavy atom. The maximum absolute atomic E-state index is 11.9. The van der Waals surface area contributed by atoms with E-state index in [2.05, 4.69) is 27.7 Å². The summed E-state index contributed by atoms with van der Waals surface area (Å²) in [6.45, 7) is 9.52. The molecule has 0 unspecified atom stereocenters. The first-order chi connectivity index (χ1) is 7.38. The summed E-state index contributed by atoms with van der Waals surface area (Å²) in [6.07, 6.45) is 4.97. The highest BCUT2D eigenvalue weighted by Crippen LogP contribution is 2.72. The van der Waals surface area contributed by atoms with E-state index >= 15 is 0 Å². The lowest BCUT2D eigenvalue weighted by Gasteiger charge is -2.68.